The predicted molar refractivity (Wildman–Crippen MR) is 163 cm³/mol. The van der Waals surface area contributed by atoms with Crippen molar-refractivity contribution < 1.29 is 28.6 Å². The van der Waals surface area contributed by atoms with Crippen molar-refractivity contribution in [2.24, 2.45) is 5.92 Å². The average molecular weight is 585 g/mol. The number of nitrogens with zero attached hydrogens (tertiary/aromatic N) is 1. The largest absolute Gasteiger partial charge is 0.493 e. The number of anilines is 1. The molecular formula is C36H28N2O6. The fourth-order valence-corrected chi connectivity index (χ4v) is 7.51. The first-order valence-electron chi connectivity index (χ1n) is 14.7. The van der Waals surface area contributed by atoms with Crippen molar-refractivity contribution in [3.8, 4) is 17.2 Å². The normalized spacial score (nSPS) is 23.6. The molecule has 1 spiro atoms. The molecule has 1 N–H and O–H groups in total. The molecule has 4 unspecified atom stereocenters. The molecule has 8 nitrogen and oxygen atoms in total. The van der Waals surface area contributed by atoms with Crippen molar-refractivity contribution in [2.75, 3.05) is 18.7 Å². The van der Waals surface area contributed by atoms with Gasteiger partial charge >= 0.3 is 0 Å². The third-order valence-corrected chi connectivity index (χ3v) is 9.23. The van der Waals surface area contributed by atoms with Gasteiger partial charge in [-0.2, -0.15) is 0 Å². The molecule has 8 rings (SSSR count). The van der Waals surface area contributed by atoms with Gasteiger partial charge in [-0.3, -0.25) is 14.4 Å². The van der Waals surface area contributed by atoms with E-state index >= 15 is 4.79 Å². The number of carbonyl (C=O) groups excluding carboxylic acids is 3. The number of fused-ring (bicyclic) bond motifs is 7. The first-order valence-corrected chi connectivity index (χ1v) is 14.7. The highest BCUT2D eigenvalue weighted by Crippen LogP contribution is 2.62. The number of amides is 1. The molecule has 0 radical (unpaired) electrons. The van der Waals surface area contributed by atoms with Crippen molar-refractivity contribution in [3.63, 3.8) is 0 Å². The number of hydrogen-bond donors (Lipinski definition) is 1. The summed E-state index contributed by atoms with van der Waals surface area (Å²) < 4.78 is 17.0. The number of ketones is 2. The second kappa shape index (κ2) is 9.84. The van der Waals surface area contributed by atoms with Crippen LogP contribution in [0.2, 0.25) is 0 Å². The summed E-state index contributed by atoms with van der Waals surface area (Å²) in [6.07, 6.45) is 3.81. The Morgan fingerprint density at radius 2 is 1.70 bits per heavy atom. The van der Waals surface area contributed by atoms with Crippen LogP contribution in [0.1, 0.15) is 50.4 Å². The molecular weight excluding hydrogens is 556 g/mol. The average Bonchev–Trinajstić information content (AvgIpc) is 3.74. The molecule has 4 aromatic carbocycles. The summed E-state index contributed by atoms with van der Waals surface area (Å²) in [6.45, 7) is 2.28. The van der Waals surface area contributed by atoms with Gasteiger partial charge in [-0.25, -0.2) is 0 Å². The van der Waals surface area contributed by atoms with Crippen LogP contribution >= 0.6 is 0 Å². The van der Waals surface area contributed by atoms with E-state index in [4.69, 9.17) is 14.2 Å². The summed E-state index contributed by atoms with van der Waals surface area (Å²) in [5.41, 5.74) is 2.40. The third-order valence-electron chi connectivity index (χ3n) is 9.23. The highest BCUT2D eigenvalue weighted by Gasteiger charge is 2.71. The summed E-state index contributed by atoms with van der Waals surface area (Å²) in [5.74, 6) is -0.612. The summed E-state index contributed by atoms with van der Waals surface area (Å²) in [6, 6.07) is 25.8. The van der Waals surface area contributed by atoms with Gasteiger partial charge in [0.15, 0.2) is 23.1 Å². The first-order chi connectivity index (χ1) is 21.5. The molecule has 44 heavy (non-hydrogen) atoms. The van der Waals surface area contributed by atoms with Crippen molar-refractivity contribution in [3.05, 3.63) is 125 Å². The quantitative estimate of drug-likeness (QED) is 0.287. The zero-order valence-corrected chi connectivity index (χ0v) is 23.9. The summed E-state index contributed by atoms with van der Waals surface area (Å²) in [7, 11) is 0. The van der Waals surface area contributed by atoms with Gasteiger partial charge in [0.1, 0.15) is 17.2 Å². The van der Waals surface area contributed by atoms with Crippen LogP contribution in [0.3, 0.4) is 0 Å². The van der Waals surface area contributed by atoms with Crippen molar-refractivity contribution in [1.29, 1.82) is 0 Å². The van der Waals surface area contributed by atoms with Gasteiger partial charge in [-0.05, 0) is 66.1 Å². The van der Waals surface area contributed by atoms with E-state index in [1.54, 1.807) is 42.5 Å². The molecule has 1 amide bonds. The number of benzene rings is 4. The highest BCUT2D eigenvalue weighted by atomic mass is 16.7. The van der Waals surface area contributed by atoms with Crippen LogP contribution in [-0.2, 0) is 10.2 Å². The van der Waals surface area contributed by atoms with Crippen molar-refractivity contribution in [2.45, 2.75) is 24.4 Å². The number of hydrogen-bond acceptors (Lipinski definition) is 7. The minimum Gasteiger partial charge on any atom is -0.493 e. The second-order valence-corrected chi connectivity index (χ2v) is 11.3. The molecule has 0 bridgehead atoms. The number of rotatable bonds is 6. The van der Waals surface area contributed by atoms with Crippen LogP contribution in [0, 0.1) is 5.92 Å². The molecule has 0 aromatic heterocycles. The lowest BCUT2D eigenvalue weighted by atomic mass is 9.62. The van der Waals surface area contributed by atoms with E-state index < -0.39 is 23.4 Å². The fourth-order valence-electron chi connectivity index (χ4n) is 7.51. The first kappa shape index (κ1) is 26.3. The van der Waals surface area contributed by atoms with Gasteiger partial charge in [0.05, 0.1) is 24.1 Å². The maximum absolute atomic E-state index is 15.1. The number of nitrogens with one attached hydrogen (secondary N) is 1. The standard InChI is InChI=1S/C36H28N2O6/c1-2-42-27-14-8-5-11-24(27)33(40)30-31(32(39)22-15-16-28-29(19-22)44-20-43-28)38-18-17-21-9-3-4-10-23(21)34(38)36(30)25-12-6-7-13-26(25)37-35(36)41/h3-19,30-31,34H,2,20H2,1H3,(H,37,41). The summed E-state index contributed by atoms with van der Waals surface area (Å²) in [5, 5.41) is 3.08. The number of para-hydroxylation sites is 2. The van der Waals surface area contributed by atoms with Gasteiger partial charge in [0.25, 0.3) is 0 Å². The van der Waals surface area contributed by atoms with Crippen molar-refractivity contribution in [1.82, 2.24) is 4.90 Å². The van der Waals surface area contributed by atoms with Gasteiger partial charge in [-0.15, -0.1) is 0 Å². The Kier molecular flexibility index (Phi) is 5.88. The lowest BCUT2D eigenvalue weighted by Crippen LogP contribution is -2.49. The molecule has 8 heteroatoms. The monoisotopic (exact) mass is 584 g/mol. The lowest BCUT2D eigenvalue weighted by molar-refractivity contribution is -0.122. The van der Waals surface area contributed by atoms with Crippen LogP contribution in [0.4, 0.5) is 5.69 Å². The highest BCUT2D eigenvalue weighted by molar-refractivity contribution is 6.17. The van der Waals surface area contributed by atoms with Gasteiger partial charge in [0.2, 0.25) is 12.7 Å². The Balaban J connectivity index is 1.41. The minimum atomic E-state index is -1.43. The molecule has 0 saturated carbocycles. The van der Waals surface area contributed by atoms with E-state index in [1.807, 2.05) is 72.6 Å². The third kappa shape index (κ3) is 3.54. The smallest absolute Gasteiger partial charge is 0.238 e. The molecule has 1 saturated heterocycles. The molecule has 4 aliphatic heterocycles. The minimum absolute atomic E-state index is 0.0690. The molecule has 4 aromatic rings. The Labute approximate surface area is 253 Å². The van der Waals surface area contributed by atoms with Crippen LogP contribution < -0.4 is 19.5 Å². The van der Waals surface area contributed by atoms with E-state index in [2.05, 4.69) is 5.32 Å². The van der Waals surface area contributed by atoms with E-state index in [1.165, 1.54) is 0 Å². The zero-order valence-electron chi connectivity index (χ0n) is 23.9. The molecule has 1 fully saturated rings. The maximum Gasteiger partial charge on any atom is 0.238 e. The number of carbonyl (C=O) groups is 3. The maximum atomic E-state index is 15.1. The Morgan fingerprint density at radius 3 is 2.59 bits per heavy atom. The van der Waals surface area contributed by atoms with Gasteiger partial charge in [0, 0.05) is 17.5 Å². The Morgan fingerprint density at radius 1 is 0.932 bits per heavy atom. The summed E-state index contributed by atoms with van der Waals surface area (Å²) in [4.78, 5) is 46.5. The fraction of sp³-hybridized carbons (Fsp3) is 0.194. The summed E-state index contributed by atoms with van der Waals surface area (Å²) >= 11 is 0. The molecule has 218 valence electrons. The van der Waals surface area contributed by atoms with E-state index in [0.29, 0.717) is 46.2 Å². The second-order valence-electron chi connectivity index (χ2n) is 11.3. The van der Waals surface area contributed by atoms with Gasteiger partial charge in [-0.1, -0.05) is 54.6 Å². The Hall–Kier alpha value is -5.37. The van der Waals surface area contributed by atoms with E-state index in [-0.39, 0.29) is 24.3 Å². The Bertz CT molecular complexity index is 1900. The van der Waals surface area contributed by atoms with E-state index in [0.717, 1.165) is 11.1 Å². The van der Waals surface area contributed by atoms with Crippen LogP contribution in [0.25, 0.3) is 6.08 Å². The van der Waals surface area contributed by atoms with Gasteiger partial charge < -0.3 is 24.4 Å². The van der Waals surface area contributed by atoms with Crippen LogP contribution in [0.5, 0.6) is 17.2 Å². The number of ether oxygens (including phenoxy) is 3. The van der Waals surface area contributed by atoms with Crippen LogP contribution in [0.15, 0.2) is 97.2 Å². The zero-order chi connectivity index (χ0) is 30.0. The molecule has 4 atom stereocenters. The lowest BCUT2D eigenvalue weighted by Gasteiger charge is -2.38. The van der Waals surface area contributed by atoms with Crippen molar-refractivity contribution >= 4 is 29.2 Å². The predicted octanol–water partition coefficient (Wildman–Crippen LogP) is 5.80. The van der Waals surface area contributed by atoms with E-state index in [9.17, 15) is 9.59 Å². The molecule has 0 aliphatic carbocycles. The number of Topliss-reactive ketones (excluding diaryl/α,β-unsaturated/α-hetero) is 2. The molecule has 4 aliphatic rings. The topological polar surface area (TPSA) is 94.2 Å². The molecule has 4 heterocycles. The SMILES string of the molecule is CCOc1ccccc1C(=O)C1C(C(=O)c2ccc3c(c2)OCO3)N2C=Cc3ccccc3C2C12C(=O)Nc1ccccc12. The van der Waals surface area contributed by atoms with Crippen LogP contribution in [-0.4, -0.2) is 41.8 Å².